The third-order valence-corrected chi connectivity index (χ3v) is 4.13. The number of hydrogen-bond acceptors (Lipinski definition) is 6. The third kappa shape index (κ3) is 3.57. The number of nitrogens with one attached hydrogen (secondary N) is 1. The van der Waals surface area contributed by atoms with Gasteiger partial charge in [-0.3, -0.25) is 9.78 Å². The maximum absolute atomic E-state index is 13.5. The van der Waals surface area contributed by atoms with Crippen molar-refractivity contribution in [2.24, 2.45) is 7.05 Å². The number of aromatic nitrogens is 5. The Hall–Kier alpha value is -2.81. The molecule has 0 radical (unpaired) electrons. The molecule has 0 aliphatic heterocycles. The van der Waals surface area contributed by atoms with Crippen molar-refractivity contribution in [3.8, 4) is 11.5 Å². The van der Waals surface area contributed by atoms with Crippen molar-refractivity contribution >= 4 is 23.4 Å². The number of rotatable bonds is 5. The molecule has 3 rings (SSSR count). The van der Waals surface area contributed by atoms with E-state index in [1.807, 2.05) is 0 Å². The number of para-hydroxylation sites is 1. The van der Waals surface area contributed by atoms with Crippen molar-refractivity contribution in [3.05, 3.63) is 48.7 Å². The summed E-state index contributed by atoms with van der Waals surface area (Å²) >= 11 is 1.20. The number of carbonyl (C=O) groups excluding carboxylic acids is 1. The van der Waals surface area contributed by atoms with Gasteiger partial charge in [0.1, 0.15) is 11.5 Å². The minimum Gasteiger partial charge on any atom is -0.323 e. The van der Waals surface area contributed by atoms with Crippen LogP contribution in [-0.4, -0.2) is 36.4 Å². The molecular weight excluding hydrogens is 331 g/mol. The van der Waals surface area contributed by atoms with E-state index in [1.165, 1.54) is 23.9 Å². The Morgan fingerprint density at radius 2 is 2.12 bits per heavy atom. The zero-order chi connectivity index (χ0) is 16.9. The number of carbonyl (C=O) groups is 1. The number of benzene rings is 1. The first-order valence-corrected chi connectivity index (χ1v) is 7.96. The van der Waals surface area contributed by atoms with E-state index >= 15 is 0 Å². The second kappa shape index (κ2) is 7.18. The second-order valence-corrected chi connectivity index (χ2v) is 5.72. The lowest BCUT2D eigenvalue weighted by Crippen LogP contribution is -2.15. The molecule has 0 fully saturated rings. The molecule has 3 aromatic rings. The normalized spacial score (nSPS) is 10.6. The van der Waals surface area contributed by atoms with Gasteiger partial charge in [-0.15, -0.1) is 10.2 Å². The van der Waals surface area contributed by atoms with Crippen LogP contribution in [-0.2, 0) is 11.8 Å². The first-order valence-electron chi connectivity index (χ1n) is 6.98. The molecule has 0 spiro atoms. The van der Waals surface area contributed by atoms with Crippen LogP contribution in [0.2, 0.25) is 0 Å². The summed E-state index contributed by atoms with van der Waals surface area (Å²) < 4.78 is 15.2. The molecular formula is C15H13FN6OS. The van der Waals surface area contributed by atoms with Crippen LogP contribution in [0.5, 0.6) is 0 Å². The predicted molar refractivity (Wildman–Crippen MR) is 87.8 cm³/mol. The second-order valence-electron chi connectivity index (χ2n) is 4.77. The summed E-state index contributed by atoms with van der Waals surface area (Å²) in [7, 11) is 1.78. The quantitative estimate of drug-likeness (QED) is 0.714. The number of halogens is 1. The van der Waals surface area contributed by atoms with E-state index < -0.39 is 5.82 Å². The lowest BCUT2D eigenvalue weighted by molar-refractivity contribution is -0.113. The largest absolute Gasteiger partial charge is 0.323 e. The number of nitrogens with zero attached hydrogens (tertiary/aromatic N) is 5. The van der Waals surface area contributed by atoms with Crippen LogP contribution in [0, 0.1) is 5.82 Å². The SMILES string of the molecule is Cn1c(SCC(=O)Nc2ccccc2F)nnc1-c1cnccn1. The molecule has 0 unspecified atom stereocenters. The summed E-state index contributed by atoms with van der Waals surface area (Å²) in [6.45, 7) is 0. The number of amides is 1. The summed E-state index contributed by atoms with van der Waals surface area (Å²) in [5.74, 6) is -0.158. The molecule has 9 heteroatoms. The Morgan fingerprint density at radius 3 is 2.88 bits per heavy atom. The first-order chi connectivity index (χ1) is 11.6. The van der Waals surface area contributed by atoms with Gasteiger partial charge in [0.15, 0.2) is 11.0 Å². The monoisotopic (exact) mass is 344 g/mol. The Balaban J connectivity index is 1.64. The topological polar surface area (TPSA) is 85.6 Å². The van der Waals surface area contributed by atoms with Crippen molar-refractivity contribution in [2.45, 2.75) is 5.16 Å². The van der Waals surface area contributed by atoms with Crippen LogP contribution in [0.4, 0.5) is 10.1 Å². The van der Waals surface area contributed by atoms with Gasteiger partial charge in [0.25, 0.3) is 0 Å². The van der Waals surface area contributed by atoms with E-state index in [2.05, 4.69) is 25.5 Å². The molecule has 0 bridgehead atoms. The molecule has 1 N–H and O–H groups in total. The van der Waals surface area contributed by atoms with E-state index in [9.17, 15) is 9.18 Å². The minimum absolute atomic E-state index is 0.0841. The van der Waals surface area contributed by atoms with Gasteiger partial charge < -0.3 is 9.88 Å². The summed E-state index contributed by atoms with van der Waals surface area (Å²) in [6.07, 6.45) is 4.73. The Bertz CT molecular complexity index is 854. The maximum Gasteiger partial charge on any atom is 0.234 e. The van der Waals surface area contributed by atoms with Crippen molar-refractivity contribution in [2.75, 3.05) is 11.1 Å². The summed E-state index contributed by atoms with van der Waals surface area (Å²) in [6, 6.07) is 6.01. The highest BCUT2D eigenvalue weighted by molar-refractivity contribution is 7.99. The number of hydrogen-bond donors (Lipinski definition) is 1. The lowest BCUT2D eigenvalue weighted by atomic mass is 10.3. The van der Waals surface area contributed by atoms with Gasteiger partial charge >= 0.3 is 0 Å². The van der Waals surface area contributed by atoms with Crippen molar-refractivity contribution in [1.29, 1.82) is 0 Å². The van der Waals surface area contributed by atoms with Gasteiger partial charge in [-0.2, -0.15) is 0 Å². The van der Waals surface area contributed by atoms with Crippen LogP contribution in [0.15, 0.2) is 48.0 Å². The van der Waals surface area contributed by atoms with Gasteiger partial charge in [-0.1, -0.05) is 23.9 Å². The summed E-state index contributed by atoms with van der Waals surface area (Å²) in [5.41, 5.74) is 0.747. The summed E-state index contributed by atoms with van der Waals surface area (Å²) in [5, 5.41) is 11.2. The molecule has 1 aromatic carbocycles. The van der Waals surface area contributed by atoms with Gasteiger partial charge in [-0.25, -0.2) is 9.37 Å². The molecule has 122 valence electrons. The standard InChI is InChI=1S/C15H13FN6OS/c1-22-14(12-8-17-6-7-18-12)20-21-15(22)24-9-13(23)19-11-5-3-2-4-10(11)16/h2-8H,9H2,1H3,(H,19,23). The highest BCUT2D eigenvalue weighted by Gasteiger charge is 2.14. The van der Waals surface area contributed by atoms with Crippen molar-refractivity contribution in [1.82, 2.24) is 24.7 Å². The Labute approximate surface area is 141 Å². The van der Waals surface area contributed by atoms with Crippen LogP contribution < -0.4 is 5.32 Å². The fourth-order valence-corrected chi connectivity index (χ4v) is 2.67. The summed E-state index contributed by atoms with van der Waals surface area (Å²) in [4.78, 5) is 20.1. The molecule has 2 heterocycles. The van der Waals surface area contributed by atoms with E-state index in [0.29, 0.717) is 16.7 Å². The third-order valence-electron chi connectivity index (χ3n) is 3.11. The molecule has 0 aliphatic carbocycles. The molecule has 0 aliphatic rings. The molecule has 24 heavy (non-hydrogen) atoms. The molecule has 1 amide bonds. The zero-order valence-corrected chi connectivity index (χ0v) is 13.5. The highest BCUT2D eigenvalue weighted by atomic mass is 32.2. The zero-order valence-electron chi connectivity index (χ0n) is 12.7. The van der Waals surface area contributed by atoms with E-state index in [-0.39, 0.29) is 17.3 Å². The molecule has 0 saturated carbocycles. The first kappa shape index (κ1) is 16.1. The fourth-order valence-electron chi connectivity index (χ4n) is 1.96. The minimum atomic E-state index is -0.473. The van der Waals surface area contributed by atoms with Crippen molar-refractivity contribution < 1.29 is 9.18 Å². The molecule has 0 atom stereocenters. The smallest absolute Gasteiger partial charge is 0.234 e. The average Bonchev–Trinajstić information content (AvgIpc) is 2.97. The van der Waals surface area contributed by atoms with Gasteiger partial charge in [0.2, 0.25) is 5.91 Å². The van der Waals surface area contributed by atoms with Gasteiger partial charge in [0, 0.05) is 19.4 Å². The van der Waals surface area contributed by atoms with Crippen LogP contribution in [0.25, 0.3) is 11.5 Å². The van der Waals surface area contributed by atoms with Gasteiger partial charge in [0.05, 0.1) is 17.6 Å². The van der Waals surface area contributed by atoms with Crippen LogP contribution >= 0.6 is 11.8 Å². The average molecular weight is 344 g/mol. The van der Waals surface area contributed by atoms with Gasteiger partial charge in [-0.05, 0) is 12.1 Å². The molecule has 0 saturated heterocycles. The number of thioether (sulfide) groups is 1. The van der Waals surface area contributed by atoms with E-state index in [1.54, 1.807) is 42.3 Å². The molecule has 2 aromatic heterocycles. The number of anilines is 1. The van der Waals surface area contributed by atoms with Crippen molar-refractivity contribution in [3.63, 3.8) is 0 Å². The highest BCUT2D eigenvalue weighted by Crippen LogP contribution is 2.21. The fraction of sp³-hybridized carbons (Fsp3) is 0.133. The molecule has 7 nitrogen and oxygen atoms in total. The van der Waals surface area contributed by atoms with Crippen LogP contribution in [0.3, 0.4) is 0 Å². The van der Waals surface area contributed by atoms with Crippen LogP contribution in [0.1, 0.15) is 0 Å². The maximum atomic E-state index is 13.5. The lowest BCUT2D eigenvalue weighted by Gasteiger charge is -2.06. The Kier molecular flexibility index (Phi) is 4.80. The Morgan fingerprint density at radius 1 is 1.29 bits per heavy atom. The van der Waals surface area contributed by atoms with E-state index in [0.717, 1.165) is 0 Å². The predicted octanol–water partition coefficient (Wildman–Crippen LogP) is 2.14. The van der Waals surface area contributed by atoms with E-state index in [4.69, 9.17) is 0 Å².